The molecule has 1 aliphatic rings. The summed E-state index contributed by atoms with van der Waals surface area (Å²) in [5.41, 5.74) is 1.33. The van der Waals surface area contributed by atoms with Crippen LogP contribution in [0.1, 0.15) is 23.2 Å². The highest BCUT2D eigenvalue weighted by Gasteiger charge is 2.26. The van der Waals surface area contributed by atoms with Gasteiger partial charge in [-0.15, -0.1) is 0 Å². The van der Waals surface area contributed by atoms with Gasteiger partial charge in [0.25, 0.3) is 5.91 Å². The van der Waals surface area contributed by atoms with Gasteiger partial charge in [0.15, 0.2) is 0 Å². The number of hydrogen-bond donors (Lipinski definition) is 0. The lowest BCUT2D eigenvalue weighted by Crippen LogP contribution is -2.42. The van der Waals surface area contributed by atoms with Gasteiger partial charge in [-0.05, 0) is 53.6 Å². The second kappa shape index (κ2) is 7.72. The lowest BCUT2D eigenvalue weighted by molar-refractivity contribution is -0.127. The van der Waals surface area contributed by atoms with E-state index >= 15 is 0 Å². The fraction of sp³-hybridized carbons (Fsp3) is 0.217. The predicted octanol–water partition coefficient (Wildman–Crippen LogP) is 4.08. The quantitative estimate of drug-likeness (QED) is 0.676. The Morgan fingerprint density at radius 2 is 1.79 bits per heavy atom. The van der Waals surface area contributed by atoms with Gasteiger partial charge in [0.1, 0.15) is 12.4 Å². The Labute approximate surface area is 164 Å². The Morgan fingerprint density at radius 1 is 1.04 bits per heavy atom. The Balaban J connectivity index is 1.69. The Morgan fingerprint density at radius 3 is 2.46 bits per heavy atom. The highest BCUT2D eigenvalue weighted by Crippen LogP contribution is 2.24. The van der Waals surface area contributed by atoms with Crippen LogP contribution in [0.3, 0.4) is 0 Å². The van der Waals surface area contributed by atoms with Crippen LogP contribution in [0.15, 0.2) is 66.7 Å². The van der Waals surface area contributed by atoms with E-state index in [1.807, 2.05) is 66.7 Å². The molecule has 1 saturated heterocycles. The maximum absolute atomic E-state index is 13.4. The van der Waals surface area contributed by atoms with Gasteiger partial charge in [-0.1, -0.05) is 30.3 Å². The van der Waals surface area contributed by atoms with Crippen LogP contribution < -0.4 is 9.64 Å². The lowest BCUT2D eigenvalue weighted by Gasteiger charge is -2.28. The molecule has 0 N–H and O–H groups in total. The number of carbonyl (C=O) groups is 2. The van der Waals surface area contributed by atoms with Gasteiger partial charge >= 0.3 is 0 Å². The van der Waals surface area contributed by atoms with E-state index in [-0.39, 0.29) is 18.5 Å². The molecule has 0 radical (unpaired) electrons. The molecule has 0 bridgehead atoms. The summed E-state index contributed by atoms with van der Waals surface area (Å²) in [6, 6.07) is 21.0. The molecular formula is C23H22N2O3. The third-order valence-corrected chi connectivity index (χ3v) is 5.11. The monoisotopic (exact) mass is 374 g/mol. The third-order valence-electron chi connectivity index (χ3n) is 5.11. The number of methoxy groups -OCH3 is 1. The van der Waals surface area contributed by atoms with Crippen LogP contribution in [0.2, 0.25) is 0 Å². The number of benzene rings is 3. The number of carbonyl (C=O) groups excluding carboxylic acids is 2. The van der Waals surface area contributed by atoms with Crippen molar-refractivity contribution >= 4 is 28.3 Å². The molecule has 1 aliphatic heterocycles. The van der Waals surface area contributed by atoms with Crippen molar-refractivity contribution in [1.82, 2.24) is 4.90 Å². The van der Waals surface area contributed by atoms with Crippen molar-refractivity contribution in [1.29, 1.82) is 0 Å². The van der Waals surface area contributed by atoms with Crippen molar-refractivity contribution in [2.45, 2.75) is 12.8 Å². The number of likely N-dealkylation sites (tertiary alicyclic amines) is 1. The van der Waals surface area contributed by atoms with Crippen LogP contribution in [0, 0.1) is 0 Å². The predicted molar refractivity (Wildman–Crippen MR) is 110 cm³/mol. The van der Waals surface area contributed by atoms with E-state index in [2.05, 4.69) is 0 Å². The molecular weight excluding hydrogens is 352 g/mol. The summed E-state index contributed by atoms with van der Waals surface area (Å²) >= 11 is 0. The zero-order chi connectivity index (χ0) is 19.5. The summed E-state index contributed by atoms with van der Waals surface area (Å²) in [6.45, 7) is 0.924. The molecule has 5 nitrogen and oxygen atoms in total. The molecule has 2 amide bonds. The fourth-order valence-corrected chi connectivity index (χ4v) is 3.53. The van der Waals surface area contributed by atoms with Gasteiger partial charge in [0.05, 0.1) is 7.11 Å². The van der Waals surface area contributed by atoms with Crippen LogP contribution in [0.5, 0.6) is 5.75 Å². The molecule has 4 rings (SSSR count). The van der Waals surface area contributed by atoms with Crippen molar-refractivity contribution in [3.63, 3.8) is 0 Å². The maximum atomic E-state index is 13.4. The van der Waals surface area contributed by atoms with Crippen LogP contribution >= 0.6 is 0 Å². The first kappa shape index (κ1) is 18.0. The van der Waals surface area contributed by atoms with E-state index in [1.54, 1.807) is 16.9 Å². The van der Waals surface area contributed by atoms with E-state index < -0.39 is 0 Å². The van der Waals surface area contributed by atoms with Crippen LogP contribution in [0.4, 0.5) is 5.69 Å². The summed E-state index contributed by atoms with van der Waals surface area (Å²) in [5.74, 6) is 0.680. The first-order valence-electron chi connectivity index (χ1n) is 9.38. The number of anilines is 1. The van der Waals surface area contributed by atoms with Gasteiger partial charge in [-0.3, -0.25) is 14.5 Å². The summed E-state index contributed by atoms with van der Waals surface area (Å²) in [6.07, 6.45) is 1.38. The summed E-state index contributed by atoms with van der Waals surface area (Å²) in [5, 5.41) is 2.10. The maximum Gasteiger partial charge on any atom is 0.259 e. The first-order valence-corrected chi connectivity index (χ1v) is 9.38. The van der Waals surface area contributed by atoms with Crippen molar-refractivity contribution in [2.24, 2.45) is 0 Å². The average Bonchev–Trinajstić information content (AvgIpc) is 3.15. The Bertz CT molecular complexity index is 1010. The zero-order valence-corrected chi connectivity index (χ0v) is 15.8. The van der Waals surface area contributed by atoms with Gasteiger partial charge in [0, 0.05) is 24.2 Å². The number of amides is 2. The second-order valence-electron chi connectivity index (χ2n) is 6.90. The summed E-state index contributed by atoms with van der Waals surface area (Å²) in [7, 11) is 1.61. The van der Waals surface area contributed by atoms with E-state index in [0.717, 1.165) is 28.6 Å². The zero-order valence-electron chi connectivity index (χ0n) is 15.8. The highest BCUT2D eigenvalue weighted by atomic mass is 16.5. The van der Waals surface area contributed by atoms with E-state index in [1.165, 1.54) is 0 Å². The van der Waals surface area contributed by atoms with Crippen molar-refractivity contribution < 1.29 is 14.3 Å². The molecule has 5 heteroatoms. The Hall–Kier alpha value is -3.34. The minimum Gasteiger partial charge on any atom is -0.497 e. The normalized spacial score (nSPS) is 13.8. The second-order valence-corrected chi connectivity index (χ2v) is 6.90. The van der Waals surface area contributed by atoms with Gasteiger partial charge in [-0.25, -0.2) is 0 Å². The largest absolute Gasteiger partial charge is 0.497 e. The molecule has 28 heavy (non-hydrogen) atoms. The molecule has 0 saturated carbocycles. The Kier molecular flexibility index (Phi) is 4.98. The number of rotatable bonds is 5. The fourth-order valence-electron chi connectivity index (χ4n) is 3.53. The molecule has 1 heterocycles. The third kappa shape index (κ3) is 3.56. The standard InChI is InChI=1S/C23H22N2O3/c1-28-21-12-10-20(11-13-21)25(16-24-14-4-7-22(24)26)23(27)19-9-8-17-5-2-3-6-18(17)15-19/h2-3,5-6,8-13,15H,4,7,14,16H2,1H3. The molecule has 0 atom stereocenters. The highest BCUT2D eigenvalue weighted by molar-refractivity contribution is 6.08. The SMILES string of the molecule is COc1ccc(N(CN2CCCC2=O)C(=O)c2ccc3ccccc3c2)cc1. The van der Waals surface area contributed by atoms with Crippen LogP contribution in [0.25, 0.3) is 10.8 Å². The number of hydrogen-bond acceptors (Lipinski definition) is 3. The molecule has 1 fully saturated rings. The van der Waals surface area contributed by atoms with E-state index in [9.17, 15) is 9.59 Å². The summed E-state index contributed by atoms with van der Waals surface area (Å²) < 4.78 is 5.22. The van der Waals surface area contributed by atoms with Crippen molar-refractivity contribution in [2.75, 3.05) is 25.2 Å². The van der Waals surface area contributed by atoms with Crippen LogP contribution in [-0.2, 0) is 4.79 Å². The topological polar surface area (TPSA) is 49.9 Å². The van der Waals surface area contributed by atoms with Crippen molar-refractivity contribution in [3.8, 4) is 5.75 Å². The minimum absolute atomic E-state index is 0.0878. The molecule has 3 aromatic rings. The molecule has 0 aliphatic carbocycles. The van der Waals surface area contributed by atoms with Gasteiger partial charge in [-0.2, -0.15) is 0 Å². The van der Waals surface area contributed by atoms with Crippen LogP contribution in [-0.4, -0.2) is 37.0 Å². The van der Waals surface area contributed by atoms with E-state index in [0.29, 0.717) is 18.5 Å². The lowest BCUT2D eigenvalue weighted by atomic mass is 10.1. The summed E-state index contributed by atoms with van der Waals surface area (Å²) in [4.78, 5) is 28.9. The van der Waals surface area contributed by atoms with Crippen molar-refractivity contribution in [3.05, 3.63) is 72.3 Å². The van der Waals surface area contributed by atoms with Gasteiger partial charge < -0.3 is 9.64 Å². The van der Waals surface area contributed by atoms with Gasteiger partial charge in [0.2, 0.25) is 5.91 Å². The molecule has 0 spiro atoms. The van der Waals surface area contributed by atoms with E-state index in [4.69, 9.17) is 4.74 Å². The molecule has 0 unspecified atom stereocenters. The average molecular weight is 374 g/mol. The number of fused-ring (bicyclic) bond motifs is 1. The number of nitrogens with zero attached hydrogens (tertiary/aromatic N) is 2. The first-order chi connectivity index (χ1) is 13.7. The minimum atomic E-state index is -0.129. The molecule has 142 valence electrons. The molecule has 0 aromatic heterocycles. The number of ether oxygens (including phenoxy) is 1. The smallest absolute Gasteiger partial charge is 0.259 e. The molecule has 3 aromatic carbocycles.